The fourth-order valence-corrected chi connectivity index (χ4v) is 3.84. The van der Waals surface area contributed by atoms with Crippen molar-refractivity contribution < 1.29 is 14.3 Å². The Kier molecular flexibility index (Phi) is 2.68. The zero-order valence-electron chi connectivity index (χ0n) is 12.1. The highest BCUT2D eigenvalue weighted by atomic mass is 16.6. The zero-order valence-corrected chi connectivity index (χ0v) is 12.1. The molecule has 5 heteroatoms. The summed E-state index contributed by atoms with van der Waals surface area (Å²) in [5, 5.41) is 0. The summed E-state index contributed by atoms with van der Waals surface area (Å²) in [6.45, 7) is 7.58. The topological polar surface area (TPSA) is 64.8 Å². The number of amides is 1. The Hall–Kier alpha value is -0.810. The van der Waals surface area contributed by atoms with Crippen molar-refractivity contribution in [2.24, 2.45) is 11.1 Å². The molecule has 5 nitrogen and oxygen atoms in total. The Morgan fingerprint density at radius 2 is 2.16 bits per heavy atom. The lowest BCUT2D eigenvalue weighted by Crippen LogP contribution is -2.72. The number of hydrogen-bond acceptors (Lipinski definition) is 4. The van der Waals surface area contributed by atoms with E-state index in [9.17, 15) is 4.79 Å². The normalized spacial score (nSPS) is 35.6. The molecule has 2 heterocycles. The van der Waals surface area contributed by atoms with Gasteiger partial charge in [0.2, 0.25) is 0 Å². The standard InChI is InChI=1S/C14H24N2O3/c1-12(2,3)19-11(17)16-8-14(9-16)13(7-15)5-4-10(6-13)18-14/h10H,4-9,15H2,1-3H3. The van der Waals surface area contributed by atoms with E-state index in [0.717, 1.165) is 19.3 Å². The predicted octanol–water partition coefficient (Wildman–Crippen LogP) is 1.50. The van der Waals surface area contributed by atoms with Crippen molar-refractivity contribution in [3.63, 3.8) is 0 Å². The Balaban J connectivity index is 1.65. The van der Waals surface area contributed by atoms with Crippen LogP contribution in [-0.2, 0) is 9.47 Å². The van der Waals surface area contributed by atoms with Crippen LogP contribution in [0.3, 0.4) is 0 Å². The van der Waals surface area contributed by atoms with Gasteiger partial charge in [0, 0.05) is 12.0 Å². The Morgan fingerprint density at radius 3 is 2.68 bits per heavy atom. The van der Waals surface area contributed by atoms with Crippen LogP contribution in [0.5, 0.6) is 0 Å². The van der Waals surface area contributed by atoms with Gasteiger partial charge in [0.15, 0.2) is 0 Å². The Bertz CT molecular complexity index is 398. The van der Waals surface area contributed by atoms with Crippen LogP contribution in [0.15, 0.2) is 0 Å². The first kappa shape index (κ1) is 13.2. The van der Waals surface area contributed by atoms with Crippen LogP contribution < -0.4 is 5.73 Å². The fourth-order valence-electron chi connectivity index (χ4n) is 3.84. The third-order valence-electron chi connectivity index (χ3n) is 4.86. The van der Waals surface area contributed by atoms with Gasteiger partial charge in [0.1, 0.15) is 11.2 Å². The largest absolute Gasteiger partial charge is 0.444 e. The van der Waals surface area contributed by atoms with E-state index in [1.807, 2.05) is 20.8 Å². The first-order valence-corrected chi connectivity index (χ1v) is 7.15. The molecule has 3 fully saturated rings. The SMILES string of the molecule is CC(C)(C)OC(=O)N1CC2(C1)OC1CCC2(CN)C1. The molecule has 3 aliphatic rings. The van der Waals surface area contributed by atoms with Crippen LogP contribution in [0.1, 0.15) is 40.0 Å². The van der Waals surface area contributed by atoms with E-state index < -0.39 is 5.60 Å². The molecule has 1 spiro atoms. The minimum atomic E-state index is -0.444. The molecule has 3 rings (SSSR count). The lowest BCUT2D eigenvalue weighted by molar-refractivity contribution is -0.191. The van der Waals surface area contributed by atoms with Crippen LogP contribution in [0, 0.1) is 5.41 Å². The molecule has 2 saturated heterocycles. The van der Waals surface area contributed by atoms with Crippen molar-refractivity contribution in [1.82, 2.24) is 4.90 Å². The summed E-state index contributed by atoms with van der Waals surface area (Å²) in [4.78, 5) is 13.7. The van der Waals surface area contributed by atoms with Crippen molar-refractivity contribution >= 4 is 6.09 Å². The predicted molar refractivity (Wildman–Crippen MR) is 70.7 cm³/mol. The van der Waals surface area contributed by atoms with E-state index in [4.69, 9.17) is 15.2 Å². The number of ether oxygens (including phenoxy) is 2. The Morgan fingerprint density at radius 1 is 1.47 bits per heavy atom. The number of nitrogens with two attached hydrogens (primary N) is 1. The van der Waals surface area contributed by atoms with Gasteiger partial charge in [-0.3, -0.25) is 0 Å². The first-order valence-electron chi connectivity index (χ1n) is 7.15. The van der Waals surface area contributed by atoms with Gasteiger partial charge in [0.05, 0.1) is 19.2 Å². The number of carbonyl (C=O) groups is 1. The molecule has 19 heavy (non-hydrogen) atoms. The molecule has 0 aromatic carbocycles. The van der Waals surface area contributed by atoms with Gasteiger partial charge >= 0.3 is 6.09 Å². The molecule has 1 amide bonds. The van der Waals surface area contributed by atoms with Gasteiger partial charge in [-0.25, -0.2) is 4.79 Å². The molecule has 2 N–H and O–H groups in total. The minimum Gasteiger partial charge on any atom is -0.444 e. The maximum absolute atomic E-state index is 12.0. The highest BCUT2D eigenvalue weighted by Gasteiger charge is 2.67. The monoisotopic (exact) mass is 268 g/mol. The third-order valence-corrected chi connectivity index (χ3v) is 4.86. The van der Waals surface area contributed by atoms with Crippen molar-refractivity contribution in [1.29, 1.82) is 0 Å². The van der Waals surface area contributed by atoms with E-state index in [1.165, 1.54) is 0 Å². The molecule has 0 aromatic rings. The second-order valence-corrected chi connectivity index (χ2v) is 7.30. The maximum atomic E-state index is 12.0. The molecular formula is C14H24N2O3. The summed E-state index contributed by atoms with van der Waals surface area (Å²) < 4.78 is 11.6. The summed E-state index contributed by atoms with van der Waals surface area (Å²) in [6, 6.07) is 0. The highest BCUT2D eigenvalue weighted by Crippen LogP contribution is 2.59. The van der Waals surface area contributed by atoms with Crippen molar-refractivity contribution in [2.45, 2.75) is 57.3 Å². The highest BCUT2D eigenvalue weighted by molar-refractivity contribution is 5.70. The summed E-state index contributed by atoms with van der Waals surface area (Å²) >= 11 is 0. The fraction of sp³-hybridized carbons (Fsp3) is 0.929. The van der Waals surface area contributed by atoms with Gasteiger partial charge in [-0.1, -0.05) is 0 Å². The summed E-state index contributed by atoms with van der Waals surface area (Å²) in [6.07, 6.45) is 3.42. The lowest BCUT2D eigenvalue weighted by Gasteiger charge is -2.56. The van der Waals surface area contributed by atoms with Crippen molar-refractivity contribution in [3.05, 3.63) is 0 Å². The maximum Gasteiger partial charge on any atom is 0.410 e. The number of nitrogens with zero attached hydrogens (tertiary/aromatic N) is 1. The van der Waals surface area contributed by atoms with Gasteiger partial charge in [-0.15, -0.1) is 0 Å². The summed E-state index contributed by atoms with van der Waals surface area (Å²) in [5.41, 5.74) is 5.46. The zero-order chi connectivity index (χ0) is 13.9. The number of fused-ring (bicyclic) bond motifs is 3. The summed E-state index contributed by atoms with van der Waals surface area (Å²) in [7, 11) is 0. The molecular weight excluding hydrogens is 244 g/mol. The third kappa shape index (κ3) is 1.86. The minimum absolute atomic E-state index is 0.0934. The number of carbonyl (C=O) groups excluding carboxylic acids is 1. The molecule has 1 aliphatic carbocycles. The molecule has 2 atom stereocenters. The van der Waals surface area contributed by atoms with E-state index in [2.05, 4.69) is 0 Å². The van der Waals surface area contributed by atoms with Crippen LogP contribution in [0.4, 0.5) is 4.79 Å². The van der Waals surface area contributed by atoms with E-state index in [0.29, 0.717) is 25.7 Å². The smallest absolute Gasteiger partial charge is 0.410 e. The van der Waals surface area contributed by atoms with Crippen LogP contribution >= 0.6 is 0 Å². The lowest BCUT2D eigenvalue weighted by atomic mass is 9.67. The Labute approximate surface area is 114 Å². The van der Waals surface area contributed by atoms with Crippen LogP contribution in [-0.4, -0.2) is 47.9 Å². The van der Waals surface area contributed by atoms with Gasteiger partial charge < -0.3 is 20.1 Å². The van der Waals surface area contributed by atoms with Crippen molar-refractivity contribution in [2.75, 3.05) is 19.6 Å². The van der Waals surface area contributed by atoms with Crippen LogP contribution in [0.25, 0.3) is 0 Å². The molecule has 2 unspecified atom stereocenters. The molecule has 0 radical (unpaired) electrons. The van der Waals surface area contributed by atoms with Crippen LogP contribution in [0.2, 0.25) is 0 Å². The molecule has 2 aliphatic heterocycles. The number of likely N-dealkylation sites (tertiary alicyclic amines) is 1. The molecule has 1 saturated carbocycles. The van der Waals surface area contributed by atoms with E-state index in [1.54, 1.807) is 4.90 Å². The number of rotatable bonds is 1. The summed E-state index contributed by atoms with van der Waals surface area (Å²) in [5.74, 6) is 0. The second-order valence-electron chi connectivity index (χ2n) is 7.30. The quantitative estimate of drug-likeness (QED) is 0.783. The number of hydrogen-bond donors (Lipinski definition) is 1. The van der Waals surface area contributed by atoms with Crippen molar-refractivity contribution in [3.8, 4) is 0 Å². The van der Waals surface area contributed by atoms with Gasteiger partial charge in [-0.2, -0.15) is 0 Å². The average molecular weight is 268 g/mol. The van der Waals surface area contributed by atoms with E-state index in [-0.39, 0.29) is 17.1 Å². The average Bonchev–Trinajstić information content (AvgIpc) is 2.79. The van der Waals surface area contributed by atoms with Gasteiger partial charge in [-0.05, 0) is 40.0 Å². The molecule has 108 valence electrons. The van der Waals surface area contributed by atoms with Gasteiger partial charge in [0.25, 0.3) is 0 Å². The van der Waals surface area contributed by atoms with E-state index >= 15 is 0 Å². The second kappa shape index (κ2) is 3.85. The molecule has 0 aromatic heterocycles. The molecule has 2 bridgehead atoms. The first-order chi connectivity index (χ1) is 8.79.